The van der Waals surface area contributed by atoms with Crippen LogP contribution in [-0.4, -0.2) is 43.8 Å². The van der Waals surface area contributed by atoms with Crippen LogP contribution in [0.4, 0.5) is 0 Å². The van der Waals surface area contributed by atoms with Crippen molar-refractivity contribution in [3.05, 3.63) is 72.2 Å². The third kappa shape index (κ3) is 3.50. The summed E-state index contributed by atoms with van der Waals surface area (Å²) in [4.78, 5) is 14.8. The van der Waals surface area contributed by atoms with Crippen molar-refractivity contribution in [1.29, 1.82) is 0 Å². The van der Waals surface area contributed by atoms with Crippen molar-refractivity contribution >= 4 is 28.4 Å². The molecule has 0 saturated heterocycles. The second kappa shape index (κ2) is 7.59. The lowest BCUT2D eigenvalue weighted by atomic mass is 10.2. The molecular weight excluding hydrogens is 378 g/mol. The second-order valence-corrected chi connectivity index (χ2v) is 7.40. The van der Waals surface area contributed by atoms with Crippen molar-refractivity contribution in [2.24, 2.45) is 0 Å². The number of methoxy groups -OCH3 is 1. The number of benzene rings is 2. The van der Waals surface area contributed by atoms with Crippen molar-refractivity contribution in [3.63, 3.8) is 0 Å². The maximum atomic E-state index is 12.9. The molecule has 7 nitrogen and oxygen atoms in total. The summed E-state index contributed by atoms with van der Waals surface area (Å²) in [7, 11) is 1.64. The van der Waals surface area contributed by atoms with Crippen LogP contribution in [0, 0.1) is 0 Å². The van der Waals surface area contributed by atoms with Gasteiger partial charge in [0.1, 0.15) is 5.75 Å². The minimum atomic E-state index is -0.0362. The number of fused-ring (bicyclic) bond motifs is 3. The molecule has 0 N–H and O–H groups in total. The van der Waals surface area contributed by atoms with Gasteiger partial charge in [0.05, 0.1) is 13.3 Å². The zero-order valence-corrected chi connectivity index (χ0v) is 16.6. The molecule has 2 heterocycles. The Labute approximate surface area is 173 Å². The summed E-state index contributed by atoms with van der Waals surface area (Å²) in [5.41, 5.74) is 1.75. The van der Waals surface area contributed by atoms with E-state index in [-0.39, 0.29) is 5.91 Å². The Hall–Kier alpha value is -3.74. The average molecular weight is 399 g/mol. The summed E-state index contributed by atoms with van der Waals surface area (Å²) < 4.78 is 6.87. The van der Waals surface area contributed by atoms with Crippen molar-refractivity contribution < 1.29 is 9.53 Å². The maximum Gasteiger partial charge on any atom is 0.247 e. The third-order valence-corrected chi connectivity index (χ3v) is 5.34. The largest absolute Gasteiger partial charge is 0.497 e. The third-order valence-electron chi connectivity index (χ3n) is 5.34. The fourth-order valence-electron chi connectivity index (χ4n) is 3.55. The Bertz CT molecular complexity index is 1240. The van der Waals surface area contributed by atoms with Crippen LogP contribution in [0.15, 0.2) is 60.8 Å². The molecule has 0 atom stereocenters. The standard InChI is InChI=1S/C23H21N5O2/c1-30-19-10-6-16(7-11-19)15-27(18-8-9-18)22(29)13-12-21-25-26-23-20-5-3-2-4-17(20)14-24-28(21)23/h2-7,10-14,18H,8-9,15H2,1H3/b13-12+. The van der Waals surface area contributed by atoms with E-state index in [1.54, 1.807) is 30.0 Å². The van der Waals surface area contributed by atoms with Crippen LogP contribution in [0.5, 0.6) is 5.75 Å². The normalized spacial score (nSPS) is 13.9. The first kappa shape index (κ1) is 18.3. The maximum absolute atomic E-state index is 12.9. The lowest BCUT2D eigenvalue weighted by Gasteiger charge is -2.21. The van der Waals surface area contributed by atoms with Crippen LogP contribution in [0.2, 0.25) is 0 Å². The fourth-order valence-corrected chi connectivity index (χ4v) is 3.55. The number of carbonyl (C=O) groups is 1. The van der Waals surface area contributed by atoms with E-state index >= 15 is 0 Å². The smallest absolute Gasteiger partial charge is 0.247 e. The Morgan fingerprint density at radius 2 is 1.97 bits per heavy atom. The number of hydrogen-bond acceptors (Lipinski definition) is 5. The monoisotopic (exact) mass is 399 g/mol. The van der Waals surface area contributed by atoms with Gasteiger partial charge < -0.3 is 9.64 Å². The molecule has 1 amide bonds. The van der Waals surface area contributed by atoms with Crippen LogP contribution in [0.3, 0.4) is 0 Å². The summed E-state index contributed by atoms with van der Waals surface area (Å²) >= 11 is 0. The Morgan fingerprint density at radius 1 is 1.17 bits per heavy atom. The predicted octanol–water partition coefficient (Wildman–Crippen LogP) is 3.49. The highest BCUT2D eigenvalue weighted by Crippen LogP contribution is 2.29. The van der Waals surface area contributed by atoms with Crippen LogP contribution < -0.4 is 4.74 Å². The lowest BCUT2D eigenvalue weighted by Crippen LogP contribution is -2.31. The minimum absolute atomic E-state index is 0.0362. The van der Waals surface area contributed by atoms with Gasteiger partial charge in [-0.2, -0.15) is 9.61 Å². The van der Waals surface area contributed by atoms with Gasteiger partial charge in [-0.3, -0.25) is 4.79 Å². The SMILES string of the molecule is COc1ccc(CN(C(=O)/C=C/c2nnc3c4ccccc4cnn23)C2CC2)cc1. The Morgan fingerprint density at radius 3 is 2.73 bits per heavy atom. The van der Waals surface area contributed by atoms with E-state index in [2.05, 4.69) is 15.3 Å². The van der Waals surface area contributed by atoms with Gasteiger partial charge in [-0.1, -0.05) is 36.4 Å². The highest BCUT2D eigenvalue weighted by molar-refractivity contribution is 5.94. The van der Waals surface area contributed by atoms with Crippen LogP contribution in [-0.2, 0) is 11.3 Å². The van der Waals surface area contributed by atoms with Gasteiger partial charge in [0, 0.05) is 29.4 Å². The number of rotatable bonds is 6. The summed E-state index contributed by atoms with van der Waals surface area (Å²) in [6.07, 6.45) is 7.11. The van der Waals surface area contributed by atoms with E-state index in [0.717, 1.165) is 34.9 Å². The van der Waals surface area contributed by atoms with Gasteiger partial charge in [-0.05, 0) is 36.6 Å². The molecule has 0 spiro atoms. The summed E-state index contributed by atoms with van der Waals surface area (Å²) in [6, 6.07) is 16.0. The van der Waals surface area contributed by atoms with E-state index in [1.165, 1.54) is 0 Å². The Kier molecular flexibility index (Phi) is 4.63. The first-order valence-corrected chi connectivity index (χ1v) is 9.94. The average Bonchev–Trinajstić information content (AvgIpc) is 3.55. The number of amides is 1. The van der Waals surface area contributed by atoms with Gasteiger partial charge in [-0.25, -0.2) is 0 Å². The number of nitrogens with zero attached hydrogens (tertiary/aromatic N) is 5. The van der Waals surface area contributed by atoms with Crippen LogP contribution in [0.1, 0.15) is 24.2 Å². The van der Waals surface area contributed by atoms with Crippen molar-refractivity contribution in [2.45, 2.75) is 25.4 Å². The topological polar surface area (TPSA) is 72.6 Å². The van der Waals surface area contributed by atoms with E-state index in [0.29, 0.717) is 24.1 Å². The molecule has 0 bridgehead atoms. The zero-order valence-electron chi connectivity index (χ0n) is 16.6. The predicted molar refractivity (Wildman–Crippen MR) is 114 cm³/mol. The molecule has 0 aliphatic heterocycles. The summed E-state index contributed by atoms with van der Waals surface area (Å²) in [5.74, 6) is 1.30. The molecule has 0 unspecified atom stereocenters. The number of ether oxygens (including phenoxy) is 1. The van der Waals surface area contributed by atoms with Crippen LogP contribution in [0.25, 0.3) is 22.5 Å². The highest BCUT2D eigenvalue weighted by Gasteiger charge is 2.31. The molecule has 30 heavy (non-hydrogen) atoms. The molecule has 7 heteroatoms. The molecule has 5 rings (SSSR count). The minimum Gasteiger partial charge on any atom is -0.497 e. The molecule has 1 saturated carbocycles. The highest BCUT2D eigenvalue weighted by atomic mass is 16.5. The number of aromatic nitrogens is 4. The number of hydrogen-bond donors (Lipinski definition) is 0. The molecule has 1 aliphatic rings. The molecule has 0 radical (unpaired) electrons. The first-order chi connectivity index (χ1) is 14.7. The fraction of sp³-hybridized carbons (Fsp3) is 0.217. The van der Waals surface area contributed by atoms with Gasteiger partial charge in [0.2, 0.25) is 5.91 Å². The molecule has 4 aromatic rings. The summed E-state index contributed by atoms with van der Waals surface area (Å²) in [5, 5.41) is 14.9. The molecule has 1 fully saturated rings. The van der Waals surface area contributed by atoms with Gasteiger partial charge in [0.15, 0.2) is 11.5 Å². The van der Waals surface area contributed by atoms with Crippen LogP contribution >= 0.6 is 0 Å². The van der Waals surface area contributed by atoms with Crippen molar-refractivity contribution in [1.82, 2.24) is 24.7 Å². The molecule has 1 aliphatic carbocycles. The van der Waals surface area contributed by atoms with E-state index in [1.807, 2.05) is 53.4 Å². The van der Waals surface area contributed by atoms with Gasteiger partial charge in [0.25, 0.3) is 0 Å². The van der Waals surface area contributed by atoms with Crippen molar-refractivity contribution in [2.75, 3.05) is 7.11 Å². The van der Waals surface area contributed by atoms with E-state index in [9.17, 15) is 4.79 Å². The van der Waals surface area contributed by atoms with E-state index in [4.69, 9.17) is 4.74 Å². The van der Waals surface area contributed by atoms with Gasteiger partial charge in [-0.15, -0.1) is 10.2 Å². The summed E-state index contributed by atoms with van der Waals surface area (Å²) in [6.45, 7) is 0.571. The molecule has 2 aromatic heterocycles. The molecule has 2 aromatic carbocycles. The zero-order chi connectivity index (χ0) is 20.5. The first-order valence-electron chi connectivity index (χ1n) is 9.94. The van der Waals surface area contributed by atoms with Gasteiger partial charge >= 0.3 is 0 Å². The number of carbonyl (C=O) groups excluding carboxylic acids is 1. The second-order valence-electron chi connectivity index (χ2n) is 7.40. The molecular formula is C23H21N5O2. The quantitative estimate of drug-likeness (QED) is 0.464. The molecule has 150 valence electrons. The lowest BCUT2D eigenvalue weighted by molar-refractivity contribution is -0.127. The van der Waals surface area contributed by atoms with E-state index < -0.39 is 0 Å². The Balaban J connectivity index is 1.38. The van der Waals surface area contributed by atoms with Crippen molar-refractivity contribution in [3.8, 4) is 5.75 Å².